The van der Waals surface area contributed by atoms with Crippen LogP contribution in [0.3, 0.4) is 0 Å². The molecule has 1 aliphatic rings. The largest absolute Gasteiger partial charge is 0.375 e. The number of halogens is 1. The Morgan fingerprint density at radius 2 is 2.26 bits per heavy atom. The van der Waals surface area contributed by atoms with Gasteiger partial charge in [0, 0.05) is 50.2 Å². The number of aromatic nitrogens is 1. The summed E-state index contributed by atoms with van der Waals surface area (Å²) in [6, 6.07) is 4.70. The van der Waals surface area contributed by atoms with Crippen molar-refractivity contribution in [1.29, 1.82) is 0 Å². The molecule has 6 heteroatoms. The minimum Gasteiger partial charge on any atom is -0.375 e. The minimum atomic E-state index is -0.366. The number of thiazole rings is 1. The number of amides is 1. The Morgan fingerprint density at radius 1 is 1.43 bits per heavy atom. The molecular weight excluding hydrogens is 313 g/mol. The van der Waals surface area contributed by atoms with E-state index in [-0.39, 0.29) is 11.7 Å². The summed E-state index contributed by atoms with van der Waals surface area (Å²) in [7, 11) is 3.56. The topological polar surface area (TPSA) is 36.4 Å². The number of piperidine rings is 1. The molecule has 3 rings (SSSR count). The van der Waals surface area contributed by atoms with Crippen LogP contribution in [0.5, 0.6) is 0 Å². The summed E-state index contributed by atoms with van der Waals surface area (Å²) < 4.78 is 14.1. The maximum atomic E-state index is 14.1. The van der Waals surface area contributed by atoms with Crippen molar-refractivity contribution in [2.75, 3.05) is 32.1 Å². The van der Waals surface area contributed by atoms with Crippen molar-refractivity contribution in [1.82, 2.24) is 9.88 Å². The number of nitrogens with zero attached hydrogens (tertiary/aromatic N) is 3. The van der Waals surface area contributed by atoms with Crippen LogP contribution in [0.4, 0.5) is 10.1 Å². The number of rotatable bonds is 3. The van der Waals surface area contributed by atoms with E-state index in [1.54, 1.807) is 48.7 Å². The Labute approximate surface area is 139 Å². The SMILES string of the molecule is CN(C)c1ccc(C(=O)N2CCCC(c3nccs3)C2)cc1F. The Morgan fingerprint density at radius 3 is 2.91 bits per heavy atom. The molecule has 0 aliphatic carbocycles. The Hall–Kier alpha value is -1.95. The van der Waals surface area contributed by atoms with Gasteiger partial charge in [-0.05, 0) is 31.0 Å². The van der Waals surface area contributed by atoms with Gasteiger partial charge in [-0.25, -0.2) is 9.37 Å². The molecule has 1 amide bonds. The second-order valence-corrected chi connectivity index (χ2v) is 6.95. The monoisotopic (exact) mass is 333 g/mol. The van der Waals surface area contributed by atoms with Crippen LogP contribution >= 0.6 is 11.3 Å². The Balaban J connectivity index is 1.76. The number of benzene rings is 1. The molecule has 23 heavy (non-hydrogen) atoms. The van der Waals surface area contributed by atoms with E-state index < -0.39 is 0 Å². The molecule has 1 aromatic heterocycles. The fraction of sp³-hybridized carbons (Fsp3) is 0.412. The summed E-state index contributed by atoms with van der Waals surface area (Å²) in [4.78, 5) is 20.6. The van der Waals surface area contributed by atoms with E-state index in [0.717, 1.165) is 24.4 Å². The molecule has 1 aromatic carbocycles. The first kappa shape index (κ1) is 15.9. The molecule has 1 fully saturated rings. The fourth-order valence-corrected chi connectivity index (χ4v) is 3.75. The van der Waals surface area contributed by atoms with E-state index in [2.05, 4.69) is 4.98 Å². The van der Waals surface area contributed by atoms with Crippen LogP contribution in [-0.4, -0.2) is 43.0 Å². The van der Waals surface area contributed by atoms with Crippen LogP contribution in [0.2, 0.25) is 0 Å². The number of hydrogen-bond acceptors (Lipinski definition) is 4. The molecule has 2 heterocycles. The zero-order valence-electron chi connectivity index (χ0n) is 13.3. The summed E-state index contributed by atoms with van der Waals surface area (Å²) in [6.45, 7) is 1.38. The van der Waals surface area contributed by atoms with Gasteiger partial charge in [0.2, 0.25) is 0 Å². The average molecular weight is 333 g/mol. The van der Waals surface area contributed by atoms with E-state index in [9.17, 15) is 9.18 Å². The molecule has 1 saturated heterocycles. The van der Waals surface area contributed by atoms with Gasteiger partial charge < -0.3 is 9.80 Å². The maximum Gasteiger partial charge on any atom is 0.253 e. The van der Waals surface area contributed by atoms with Gasteiger partial charge in [-0.3, -0.25) is 4.79 Å². The standard InChI is InChI=1S/C17H20FN3OS/c1-20(2)15-6-5-12(10-14(15)18)17(22)21-8-3-4-13(11-21)16-19-7-9-23-16/h5-7,9-10,13H,3-4,8,11H2,1-2H3. The van der Waals surface area contributed by atoms with E-state index in [1.165, 1.54) is 6.07 Å². The number of carbonyl (C=O) groups is 1. The van der Waals surface area contributed by atoms with E-state index in [4.69, 9.17) is 0 Å². The van der Waals surface area contributed by atoms with Gasteiger partial charge in [-0.2, -0.15) is 0 Å². The Kier molecular flexibility index (Phi) is 4.61. The van der Waals surface area contributed by atoms with Crippen LogP contribution in [0.25, 0.3) is 0 Å². The van der Waals surface area contributed by atoms with Crippen LogP contribution in [0, 0.1) is 5.82 Å². The van der Waals surface area contributed by atoms with Crippen LogP contribution in [0.15, 0.2) is 29.8 Å². The average Bonchev–Trinajstić information content (AvgIpc) is 3.08. The zero-order chi connectivity index (χ0) is 16.4. The quantitative estimate of drug-likeness (QED) is 0.864. The molecular formula is C17H20FN3OS. The lowest BCUT2D eigenvalue weighted by molar-refractivity contribution is 0.0706. The van der Waals surface area contributed by atoms with E-state index in [1.807, 2.05) is 10.3 Å². The van der Waals surface area contributed by atoms with Gasteiger partial charge >= 0.3 is 0 Å². The summed E-state index contributed by atoms with van der Waals surface area (Å²) in [5.41, 5.74) is 0.897. The first-order chi connectivity index (χ1) is 11.1. The third-order valence-electron chi connectivity index (χ3n) is 4.19. The Bertz CT molecular complexity index is 687. The molecule has 1 unspecified atom stereocenters. The maximum absolute atomic E-state index is 14.1. The highest BCUT2D eigenvalue weighted by atomic mass is 32.1. The highest BCUT2D eigenvalue weighted by Gasteiger charge is 2.27. The van der Waals surface area contributed by atoms with Crippen molar-refractivity contribution in [3.63, 3.8) is 0 Å². The van der Waals surface area contributed by atoms with Gasteiger partial charge in [0.05, 0.1) is 10.7 Å². The van der Waals surface area contributed by atoms with Crippen molar-refractivity contribution in [3.8, 4) is 0 Å². The van der Waals surface area contributed by atoms with Crippen molar-refractivity contribution in [2.45, 2.75) is 18.8 Å². The molecule has 0 N–H and O–H groups in total. The van der Waals surface area contributed by atoms with Crippen molar-refractivity contribution >= 4 is 22.9 Å². The van der Waals surface area contributed by atoms with E-state index >= 15 is 0 Å². The smallest absolute Gasteiger partial charge is 0.253 e. The molecule has 2 aromatic rings. The second kappa shape index (κ2) is 6.66. The minimum absolute atomic E-state index is 0.101. The summed E-state index contributed by atoms with van der Waals surface area (Å²) in [6.07, 6.45) is 3.80. The highest BCUT2D eigenvalue weighted by molar-refractivity contribution is 7.09. The van der Waals surface area contributed by atoms with Gasteiger partial charge in [-0.15, -0.1) is 11.3 Å². The lowest BCUT2D eigenvalue weighted by Gasteiger charge is -2.32. The van der Waals surface area contributed by atoms with Crippen molar-refractivity contribution < 1.29 is 9.18 Å². The van der Waals surface area contributed by atoms with Crippen molar-refractivity contribution in [3.05, 3.63) is 46.2 Å². The predicted octanol–water partition coefficient (Wildman–Crippen LogP) is 3.37. The van der Waals surface area contributed by atoms with Gasteiger partial charge in [0.1, 0.15) is 5.82 Å². The first-order valence-corrected chi connectivity index (χ1v) is 8.60. The molecule has 1 atom stereocenters. The molecule has 0 spiro atoms. The normalized spacial score (nSPS) is 18.0. The van der Waals surface area contributed by atoms with Crippen LogP contribution in [0.1, 0.15) is 34.1 Å². The molecule has 4 nitrogen and oxygen atoms in total. The number of anilines is 1. The second-order valence-electron chi connectivity index (χ2n) is 6.02. The summed E-state index contributed by atoms with van der Waals surface area (Å²) in [5.74, 6) is -0.177. The molecule has 122 valence electrons. The van der Waals surface area contributed by atoms with Gasteiger partial charge in [-0.1, -0.05) is 0 Å². The fourth-order valence-electron chi connectivity index (χ4n) is 2.98. The summed E-state index contributed by atoms with van der Waals surface area (Å²) in [5, 5.41) is 3.04. The molecule has 0 saturated carbocycles. The van der Waals surface area contributed by atoms with Gasteiger partial charge in [0.15, 0.2) is 0 Å². The third-order valence-corrected chi connectivity index (χ3v) is 5.12. The summed E-state index contributed by atoms with van der Waals surface area (Å²) >= 11 is 1.63. The van der Waals surface area contributed by atoms with Gasteiger partial charge in [0.25, 0.3) is 5.91 Å². The zero-order valence-corrected chi connectivity index (χ0v) is 14.1. The van der Waals surface area contributed by atoms with Crippen LogP contribution < -0.4 is 4.90 Å². The third kappa shape index (κ3) is 3.37. The highest BCUT2D eigenvalue weighted by Crippen LogP contribution is 2.29. The predicted molar refractivity (Wildman–Crippen MR) is 90.7 cm³/mol. The molecule has 0 radical (unpaired) electrons. The van der Waals surface area contributed by atoms with E-state index in [0.29, 0.717) is 23.7 Å². The van der Waals surface area contributed by atoms with Crippen molar-refractivity contribution in [2.24, 2.45) is 0 Å². The first-order valence-electron chi connectivity index (χ1n) is 7.72. The van der Waals surface area contributed by atoms with Crippen LogP contribution in [-0.2, 0) is 0 Å². The number of hydrogen-bond donors (Lipinski definition) is 0. The number of carbonyl (C=O) groups excluding carboxylic acids is 1. The lowest BCUT2D eigenvalue weighted by atomic mass is 9.98. The molecule has 1 aliphatic heterocycles. The number of likely N-dealkylation sites (tertiary alicyclic amines) is 1. The lowest BCUT2D eigenvalue weighted by Crippen LogP contribution is -2.39. The molecule has 0 bridgehead atoms.